The van der Waals surface area contributed by atoms with Crippen molar-refractivity contribution >= 4 is 50.3 Å². The van der Waals surface area contributed by atoms with E-state index in [1.54, 1.807) is 0 Å². The standard InChI is InChI=1S/C21H22ClN3OS/c1-2-24-11-13-25(14-12-24)17-9-5-4-8-16(17)23-21(26)20-19(22)15-7-3-6-10-18(15)27-20/h3-10H,2,11-14H2,1H3,(H,23,26). The van der Waals surface area contributed by atoms with Gasteiger partial charge in [0.2, 0.25) is 0 Å². The minimum Gasteiger partial charge on any atom is -0.367 e. The van der Waals surface area contributed by atoms with Crippen LogP contribution in [-0.4, -0.2) is 43.5 Å². The summed E-state index contributed by atoms with van der Waals surface area (Å²) >= 11 is 7.90. The SMILES string of the molecule is CCN1CCN(c2ccccc2NC(=O)c2sc3ccccc3c2Cl)CC1. The summed E-state index contributed by atoms with van der Waals surface area (Å²) in [5, 5.41) is 4.54. The van der Waals surface area contributed by atoms with Gasteiger partial charge in [-0.1, -0.05) is 48.9 Å². The van der Waals surface area contributed by atoms with E-state index in [1.807, 2.05) is 42.5 Å². The first-order valence-electron chi connectivity index (χ1n) is 9.22. The Kier molecular flexibility index (Phi) is 5.34. The molecule has 0 bridgehead atoms. The van der Waals surface area contributed by atoms with Crippen LogP contribution < -0.4 is 10.2 Å². The van der Waals surface area contributed by atoms with E-state index in [2.05, 4.69) is 28.1 Å². The van der Waals surface area contributed by atoms with Gasteiger partial charge in [0.05, 0.1) is 16.4 Å². The van der Waals surface area contributed by atoms with Crippen molar-refractivity contribution in [3.05, 3.63) is 58.4 Å². The highest BCUT2D eigenvalue weighted by atomic mass is 35.5. The first kappa shape index (κ1) is 18.3. The molecule has 3 aromatic rings. The fourth-order valence-corrected chi connectivity index (χ4v) is 4.91. The summed E-state index contributed by atoms with van der Waals surface area (Å²) in [4.78, 5) is 18.3. The molecular weight excluding hydrogens is 378 g/mol. The number of thiophene rings is 1. The zero-order valence-electron chi connectivity index (χ0n) is 15.2. The number of nitrogens with zero attached hydrogens (tertiary/aromatic N) is 2. The third-order valence-electron chi connectivity index (χ3n) is 5.05. The summed E-state index contributed by atoms with van der Waals surface area (Å²) in [6, 6.07) is 15.8. The number of halogens is 1. The highest BCUT2D eigenvalue weighted by Crippen LogP contribution is 2.36. The number of likely N-dealkylation sites (N-methyl/N-ethyl adjacent to an activating group) is 1. The Morgan fingerprint density at radius 2 is 1.78 bits per heavy atom. The Morgan fingerprint density at radius 1 is 1.07 bits per heavy atom. The summed E-state index contributed by atoms with van der Waals surface area (Å²) in [7, 11) is 0. The number of benzene rings is 2. The molecule has 6 heteroatoms. The maximum absolute atomic E-state index is 12.9. The molecule has 1 amide bonds. The molecule has 1 aliphatic rings. The van der Waals surface area contributed by atoms with Gasteiger partial charge in [0.1, 0.15) is 4.88 Å². The molecule has 4 nitrogen and oxygen atoms in total. The second kappa shape index (κ2) is 7.89. The number of nitrogens with one attached hydrogen (secondary N) is 1. The zero-order chi connectivity index (χ0) is 18.8. The number of piperazine rings is 1. The Bertz CT molecular complexity index is 963. The largest absolute Gasteiger partial charge is 0.367 e. The Morgan fingerprint density at radius 3 is 2.52 bits per heavy atom. The molecule has 0 unspecified atom stereocenters. The van der Waals surface area contributed by atoms with Crippen molar-refractivity contribution in [2.75, 3.05) is 42.9 Å². The van der Waals surface area contributed by atoms with Gasteiger partial charge in [0.15, 0.2) is 0 Å². The summed E-state index contributed by atoms with van der Waals surface area (Å²) in [6.45, 7) is 7.28. The van der Waals surface area contributed by atoms with E-state index >= 15 is 0 Å². The van der Waals surface area contributed by atoms with E-state index in [4.69, 9.17) is 11.6 Å². The minimum atomic E-state index is -0.152. The van der Waals surface area contributed by atoms with Gasteiger partial charge in [0, 0.05) is 36.3 Å². The first-order chi connectivity index (χ1) is 13.2. The maximum atomic E-state index is 12.9. The van der Waals surface area contributed by atoms with Gasteiger partial charge in [0.25, 0.3) is 5.91 Å². The van der Waals surface area contributed by atoms with Crippen LogP contribution in [0.15, 0.2) is 48.5 Å². The van der Waals surface area contributed by atoms with Crippen LogP contribution in [0.25, 0.3) is 10.1 Å². The van der Waals surface area contributed by atoms with Gasteiger partial charge in [-0.3, -0.25) is 4.79 Å². The lowest BCUT2D eigenvalue weighted by Gasteiger charge is -2.36. The molecule has 0 atom stereocenters. The average Bonchev–Trinajstić information content (AvgIpc) is 3.06. The summed E-state index contributed by atoms with van der Waals surface area (Å²) < 4.78 is 1.02. The number of hydrogen-bond acceptors (Lipinski definition) is 4. The van der Waals surface area contributed by atoms with Crippen LogP contribution in [0.1, 0.15) is 16.6 Å². The Hall–Kier alpha value is -2.08. The van der Waals surface area contributed by atoms with Crippen LogP contribution in [0.2, 0.25) is 5.02 Å². The lowest BCUT2D eigenvalue weighted by Crippen LogP contribution is -2.46. The number of rotatable bonds is 4. The number of carbonyl (C=O) groups excluding carboxylic acids is 1. The number of para-hydroxylation sites is 2. The molecule has 1 fully saturated rings. The van der Waals surface area contributed by atoms with Gasteiger partial charge >= 0.3 is 0 Å². The average molecular weight is 400 g/mol. The van der Waals surface area contributed by atoms with Gasteiger partial charge < -0.3 is 15.1 Å². The van der Waals surface area contributed by atoms with Crippen LogP contribution in [-0.2, 0) is 0 Å². The molecule has 1 N–H and O–H groups in total. The molecule has 1 saturated heterocycles. The van der Waals surface area contributed by atoms with Crippen LogP contribution in [0.5, 0.6) is 0 Å². The molecule has 0 spiro atoms. The molecule has 1 aliphatic heterocycles. The number of anilines is 2. The van der Waals surface area contributed by atoms with Crippen LogP contribution in [0.4, 0.5) is 11.4 Å². The maximum Gasteiger partial charge on any atom is 0.267 e. The monoisotopic (exact) mass is 399 g/mol. The number of amides is 1. The molecule has 4 rings (SSSR count). The summed E-state index contributed by atoms with van der Waals surface area (Å²) in [6.07, 6.45) is 0. The predicted molar refractivity (Wildman–Crippen MR) is 116 cm³/mol. The number of fused-ring (bicyclic) bond motifs is 1. The number of hydrogen-bond donors (Lipinski definition) is 1. The molecule has 140 valence electrons. The van der Waals surface area contributed by atoms with Crippen molar-refractivity contribution in [2.45, 2.75) is 6.92 Å². The van der Waals surface area contributed by atoms with E-state index in [9.17, 15) is 4.79 Å². The van der Waals surface area contributed by atoms with E-state index in [0.717, 1.165) is 54.2 Å². The minimum absolute atomic E-state index is 0.152. The lowest BCUT2D eigenvalue weighted by atomic mass is 10.2. The first-order valence-corrected chi connectivity index (χ1v) is 10.4. The van der Waals surface area contributed by atoms with Gasteiger partial charge in [-0.2, -0.15) is 0 Å². The van der Waals surface area contributed by atoms with Crippen molar-refractivity contribution in [1.29, 1.82) is 0 Å². The van der Waals surface area contributed by atoms with Crippen molar-refractivity contribution in [3.63, 3.8) is 0 Å². The highest BCUT2D eigenvalue weighted by Gasteiger charge is 2.21. The topological polar surface area (TPSA) is 35.6 Å². The second-order valence-corrected chi connectivity index (χ2v) is 8.06. The lowest BCUT2D eigenvalue weighted by molar-refractivity contribution is 0.103. The Labute approximate surface area is 168 Å². The normalized spacial score (nSPS) is 15.3. The van der Waals surface area contributed by atoms with Crippen LogP contribution in [0.3, 0.4) is 0 Å². The quantitative estimate of drug-likeness (QED) is 0.674. The van der Waals surface area contributed by atoms with Crippen LogP contribution >= 0.6 is 22.9 Å². The molecule has 0 radical (unpaired) electrons. The van der Waals surface area contributed by atoms with Crippen molar-refractivity contribution < 1.29 is 4.79 Å². The summed E-state index contributed by atoms with van der Waals surface area (Å²) in [5.41, 5.74) is 1.90. The van der Waals surface area contributed by atoms with E-state index in [-0.39, 0.29) is 5.91 Å². The van der Waals surface area contributed by atoms with E-state index < -0.39 is 0 Å². The molecule has 1 aromatic heterocycles. The van der Waals surface area contributed by atoms with E-state index in [1.165, 1.54) is 11.3 Å². The molecule has 27 heavy (non-hydrogen) atoms. The fraction of sp³-hybridized carbons (Fsp3) is 0.286. The van der Waals surface area contributed by atoms with Gasteiger partial charge in [-0.05, 0) is 24.7 Å². The fourth-order valence-electron chi connectivity index (χ4n) is 3.50. The molecule has 0 saturated carbocycles. The van der Waals surface area contributed by atoms with Crippen molar-refractivity contribution in [1.82, 2.24) is 4.90 Å². The highest BCUT2D eigenvalue weighted by molar-refractivity contribution is 7.21. The van der Waals surface area contributed by atoms with Crippen LogP contribution in [0, 0.1) is 0 Å². The van der Waals surface area contributed by atoms with Gasteiger partial charge in [-0.15, -0.1) is 11.3 Å². The second-order valence-electron chi connectivity index (χ2n) is 6.63. The number of carbonyl (C=O) groups is 1. The third kappa shape index (κ3) is 3.68. The van der Waals surface area contributed by atoms with Crippen molar-refractivity contribution in [3.8, 4) is 0 Å². The molecular formula is C21H22ClN3OS. The smallest absolute Gasteiger partial charge is 0.267 e. The third-order valence-corrected chi connectivity index (χ3v) is 6.73. The van der Waals surface area contributed by atoms with Crippen molar-refractivity contribution in [2.24, 2.45) is 0 Å². The summed E-state index contributed by atoms with van der Waals surface area (Å²) in [5.74, 6) is -0.152. The molecule has 0 aliphatic carbocycles. The molecule has 2 heterocycles. The zero-order valence-corrected chi connectivity index (χ0v) is 16.8. The molecule has 2 aromatic carbocycles. The Balaban J connectivity index is 1.57. The van der Waals surface area contributed by atoms with E-state index in [0.29, 0.717) is 9.90 Å². The predicted octanol–water partition coefficient (Wildman–Crippen LogP) is 4.95. The van der Waals surface area contributed by atoms with Gasteiger partial charge in [-0.25, -0.2) is 0 Å².